The molecule has 0 radical (unpaired) electrons. The molecule has 53 heavy (non-hydrogen) atoms. The van der Waals surface area contributed by atoms with Crippen LogP contribution in [-0.4, -0.2) is 49.3 Å². The molecule has 0 saturated heterocycles. The Hall–Kier alpha value is -1.77. The molecular weight excluding hydrogens is 689 g/mol. The fourth-order valence-electron chi connectivity index (χ4n) is 5.78. The molecule has 0 aromatic rings. The van der Waals surface area contributed by atoms with Crippen LogP contribution < -0.4 is 5.73 Å². The molecule has 0 fully saturated rings. The number of carbonyl (C=O) groups is 2. The van der Waals surface area contributed by atoms with Crippen LogP contribution in [0.15, 0.2) is 36.5 Å². The Morgan fingerprint density at radius 3 is 1.49 bits per heavy atom. The first kappa shape index (κ1) is 51.2. The second kappa shape index (κ2) is 39.9. The van der Waals surface area contributed by atoms with Crippen LogP contribution in [0.4, 0.5) is 0 Å². The Morgan fingerprint density at radius 1 is 0.566 bits per heavy atom. The number of rotatable bonds is 40. The maximum Gasteiger partial charge on any atom is 0.472 e. The summed E-state index contributed by atoms with van der Waals surface area (Å²) in [4.78, 5) is 34.8. The number of allylic oxidation sites excluding steroid dienone is 6. The molecule has 10 heteroatoms. The van der Waals surface area contributed by atoms with Crippen molar-refractivity contribution in [3.63, 3.8) is 0 Å². The highest BCUT2D eigenvalue weighted by atomic mass is 31.2. The van der Waals surface area contributed by atoms with Gasteiger partial charge in [0.1, 0.15) is 6.61 Å². The number of nitrogens with two attached hydrogens (primary N) is 1. The molecule has 1 unspecified atom stereocenters. The van der Waals surface area contributed by atoms with Crippen LogP contribution in [0.3, 0.4) is 0 Å². The van der Waals surface area contributed by atoms with Crippen LogP contribution in [0.25, 0.3) is 0 Å². The molecular formula is C43H80NO8P. The summed E-state index contributed by atoms with van der Waals surface area (Å²) in [6.07, 6.45) is 43.1. The first-order valence-electron chi connectivity index (χ1n) is 21.5. The van der Waals surface area contributed by atoms with Crippen molar-refractivity contribution in [1.29, 1.82) is 0 Å². The van der Waals surface area contributed by atoms with Gasteiger partial charge < -0.3 is 20.1 Å². The molecule has 0 aliphatic carbocycles. The molecule has 0 amide bonds. The van der Waals surface area contributed by atoms with Crippen molar-refractivity contribution in [2.75, 3.05) is 26.4 Å². The van der Waals surface area contributed by atoms with Gasteiger partial charge in [0.05, 0.1) is 13.2 Å². The van der Waals surface area contributed by atoms with Crippen LogP contribution in [0, 0.1) is 0 Å². The zero-order valence-corrected chi connectivity index (χ0v) is 34.9. The largest absolute Gasteiger partial charge is 0.472 e. The highest BCUT2D eigenvalue weighted by molar-refractivity contribution is 7.47. The maximum atomic E-state index is 12.5. The third kappa shape index (κ3) is 39.7. The predicted molar refractivity (Wildman–Crippen MR) is 220 cm³/mol. The van der Waals surface area contributed by atoms with Gasteiger partial charge in [-0.15, -0.1) is 0 Å². The lowest BCUT2D eigenvalue weighted by atomic mass is 10.1. The fraction of sp³-hybridized carbons (Fsp3) is 0.814. The highest BCUT2D eigenvalue weighted by Gasteiger charge is 2.26. The van der Waals surface area contributed by atoms with Gasteiger partial charge in [0, 0.05) is 19.4 Å². The van der Waals surface area contributed by atoms with E-state index < -0.39 is 26.5 Å². The van der Waals surface area contributed by atoms with E-state index in [0.717, 1.165) is 57.8 Å². The summed E-state index contributed by atoms with van der Waals surface area (Å²) < 4.78 is 32.7. The van der Waals surface area contributed by atoms with Crippen molar-refractivity contribution >= 4 is 19.8 Å². The molecule has 3 N–H and O–H groups in total. The number of unbranched alkanes of at least 4 members (excludes halogenated alkanes) is 21. The number of hydrogen-bond acceptors (Lipinski definition) is 8. The minimum Gasteiger partial charge on any atom is -0.462 e. The zero-order chi connectivity index (χ0) is 38.9. The van der Waals surface area contributed by atoms with Gasteiger partial charge >= 0.3 is 19.8 Å². The zero-order valence-electron chi connectivity index (χ0n) is 34.0. The van der Waals surface area contributed by atoms with E-state index >= 15 is 0 Å². The normalized spacial score (nSPS) is 13.7. The topological polar surface area (TPSA) is 134 Å². The van der Waals surface area contributed by atoms with E-state index in [2.05, 4.69) is 50.3 Å². The van der Waals surface area contributed by atoms with Crippen LogP contribution in [0.1, 0.15) is 194 Å². The molecule has 2 atom stereocenters. The van der Waals surface area contributed by atoms with Gasteiger partial charge in [-0.2, -0.15) is 0 Å². The van der Waals surface area contributed by atoms with Gasteiger partial charge in [-0.1, -0.05) is 147 Å². The van der Waals surface area contributed by atoms with E-state index in [9.17, 15) is 19.0 Å². The van der Waals surface area contributed by atoms with E-state index in [-0.39, 0.29) is 38.6 Å². The Bertz CT molecular complexity index is 970. The van der Waals surface area contributed by atoms with E-state index in [4.69, 9.17) is 24.3 Å². The number of carbonyl (C=O) groups excluding carboxylic acids is 2. The van der Waals surface area contributed by atoms with Crippen LogP contribution in [0.2, 0.25) is 0 Å². The fourth-order valence-corrected chi connectivity index (χ4v) is 6.54. The number of phosphoric ester groups is 1. The molecule has 0 spiro atoms. The van der Waals surface area contributed by atoms with Crippen LogP contribution >= 0.6 is 7.82 Å². The SMILES string of the molecule is CCCCCC=CCC=CCCCCCCCCCCCC(=O)OC[C@H](COP(=O)(O)OCCN)OC(=O)CCCCCCCC=CCCCCCC. The van der Waals surface area contributed by atoms with Crippen molar-refractivity contribution in [2.24, 2.45) is 5.73 Å². The average Bonchev–Trinajstić information content (AvgIpc) is 3.14. The highest BCUT2D eigenvalue weighted by Crippen LogP contribution is 2.43. The summed E-state index contributed by atoms with van der Waals surface area (Å²) in [6.45, 7) is 3.68. The predicted octanol–water partition coefficient (Wildman–Crippen LogP) is 12.2. The number of esters is 2. The average molecular weight is 770 g/mol. The molecule has 0 aliphatic rings. The number of ether oxygens (including phenoxy) is 2. The Balaban J connectivity index is 4.14. The standard InChI is InChI=1S/C43H80NO8P/c1-3-5-7-9-11-13-15-17-18-19-20-21-22-24-25-27-29-31-33-35-42(45)49-39-41(40-51-53(47,48)50-38-37-44)52-43(46)36-34-32-30-28-26-23-16-14-12-10-8-6-4-2/h11,13-14,16-18,41H,3-10,12,15,19-40,44H2,1-2H3,(H,47,48)/t41-/m1/s1. The van der Waals surface area contributed by atoms with Gasteiger partial charge in [-0.25, -0.2) is 4.57 Å². The molecule has 0 saturated carbocycles. The lowest BCUT2D eigenvalue weighted by Crippen LogP contribution is -2.29. The summed E-state index contributed by atoms with van der Waals surface area (Å²) in [5.41, 5.74) is 5.34. The van der Waals surface area contributed by atoms with Gasteiger partial charge in [0.25, 0.3) is 0 Å². The van der Waals surface area contributed by atoms with Crippen molar-refractivity contribution in [1.82, 2.24) is 0 Å². The van der Waals surface area contributed by atoms with E-state index in [1.165, 1.54) is 103 Å². The second-order valence-electron chi connectivity index (χ2n) is 14.2. The minimum atomic E-state index is -4.38. The van der Waals surface area contributed by atoms with Crippen molar-refractivity contribution < 1.29 is 37.6 Å². The summed E-state index contributed by atoms with van der Waals surface area (Å²) in [7, 11) is -4.38. The Labute approximate surface area is 324 Å². The molecule has 310 valence electrons. The first-order valence-corrected chi connectivity index (χ1v) is 23.0. The summed E-state index contributed by atoms with van der Waals surface area (Å²) in [5, 5.41) is 0. The summed E-state index contributed by atoms with van der Waals surface area (Å²) >= 11 is 0. The minimum absolute atomic E-state index is 0.0513. The van der Waals surface area contributed by atoms with Crippen LogP contribution in [0.5, 0.6) is 0 Å². The molecule has 0 rings (SSSR count). The maximum absolute atomic E-state index is 12.5. The molecule has 0 heterocycles. The van der Waals surface area contributed by atoms with Crippen molar-refractivity contribution in [2.45, 2.75) is 200 Å². The third-order valence-electron chi connectivity index (χ3n) is 9.00. The van der Waals surface area contributed by atoms with Gasteiger partial charge in [0.2, 0.25) is 0 Å². The summed E-state index contributed by atoms with van der Waals surface area (Å²) in [5.74, 6) is -0.842. The second-order valence-corrected chi connectivity index (χ2v) is 15.7. The smallest absolute Gasteiger partial charge is 0.462 e. The third-order valence-corrected chi connectivity index (χ3v) is 9.98. The van der Waals surface area contributed by atoms with Crippen molar-refractivity contribution in [3.8, 4) is 0 Å². The van der Waals surface area contributed by atoms with Gasteiger partial charge in [-0.3, -0.25) is 18.6 Å². The Morgan fingerprint density at radius 2 is 0.981 bits per heavy atom. The van der Waals surface area contributed by atoms with E-state index in [1.807, 2.05) is 0 Å². The van der Waals surface area contributed by atoms with E-state index in [0.29, 0.717) is 6.42 Å². The molecule has 0 aromatic carbocycles. The van der Waals surface area contributed by atoms with Gasteiger partial charge in [0.15, 0.2) is 6.10 Å². The van der Waals surface area contributed by atoms with Crippen LogP contribution in [-0.2, 0) is 32.7 Å². The number of phosphoric acid groups is 1. The first-order chi connectivity index (χ1) is 25.8. The Kier molecular flexibility index (Phi) is 38.6. The lowest BCUT2D eigenvalue weighted by molar-refractivity contribution is -0.161. The number of hydrogen-bond donors (Lipinski definition) is 2. The van der Waals surface area contributed by atoms with Crippen molar-refractivity contribution in [3.05, 3.63) is 36.5 Å². The molecule has 0 aliphatic heterocycles. The quantitative estimate of drug-likeness (QED) is 0.0270. The van der Waals surface area contributed by atoms with E-state index in [1.54, 1.807) is 0 Å². The summed E-state index contributed by atoms with van der Waals surface area (Å²) in [6, 6.07) is 0. The monoisotopic (exact) mass is 770 g/mol. The lowest BCUT2D eigenvalue weighted by Gasteiger charge is -2.19. The molecule has 9 nitrogen and oxygen atoms in total. The molecule has 0 aromatic heterocycles. The molecule has 0 bridgehead atoms. The van der Waals surface area contributed by atoms with Gasteiger partial charge in [-0.05, 0) is 70.6 Å².